The average molecular weight is 263 g/mol. The highest BCUT2D eigenvalue weighted by atomic mass is 19.1. The van der Waals surface area contributed by atoms with Crippen molar-refractivity contribution in [3.8, 4) is 11.3 Å². The fourth-order valence-corrected chi connectivity index (χ4v) is 1.66. The largest absolute Gasteiger partial charge is 0.462 e. The summed E-state index contributed by atoms with van der Waals surface area (Å²) < 4.78 is 32.4. The predicted molar refractivity (Wildman–Crippen MR) is 65.5 cm³/mol. The summed E-state index contributed by atoms with van der Waals surface area (Å²) in [7, 11) is 0. The summed E-state index contributed by atoms with van der Waals surface area (Å²) in [5, 5.41) is 0. The van der Waals surface area contributed by atoms with Crippen LogP contribution < -0.4 is 0 Å². The smallest absolute Gasteiger partial charge is 0.344 e. The first-order valence-corrected chi connectivity index (χ1v) is 5.71. The van der Waals surface area contributed by atoms with Crippen molar-refractivity contribution in [2.24, 2.45) is 0 Å². The highest BCUT2D eigenvalue weighted by molar-refractivity contribution is 5.91. The van der Waals surface area contributed by atoms with Crippen LogP contribution in [0, 0.1) is 11.6 Å². The van der Waals surface area contributed by atoms with Crippen molar-refractivity contribution in [2.45, 2.75) is 6.92 Å². The van der Waals surface area contributed by atoms with Crippen LogP contribution in [-0.2, 0) is 4.74 Å². The summed E-state index contributed by atoms with van der Waals surface area (Å²) in [6.45, 7) is 1.61. The number of carbonyl (C=O) groups is 1. The van der Waals surface area contributed by atoms with Gasteiger partial charge in [-0.3, -0.25) is 4.98 Å². The van der Waals surface area contributed by atoms with E-state index in [1.165, 1.54) is 12.3 Å². The number of ether oxygens (including phenoxy) is 1. The summed E-state index contributed by atoms with van der Waals surface area (Å²) >= 11 is 0. The highest BCUT2D eigenvalue weighted by Gasteiger charge is 2.22. The molecule has 0 fully saturated rings. The van der Waals surface area contributed by atoms with Crippen molar-refractivity contribution in [3.05, 3.63) is 53.7 Å². The van der Waals surface area contributed by atoms with Gasteiger partial charge in [0.2, 0.25) is 0 Å². The van der Waals surface area contributed by atoms with Gasteiger partial charge in [-0.15, -0.1) is 0 Å². The maximum absolute atomic E-state index is 14.2. The molecule has 1 aromatic heterocycles. The van der Waals surface area contributed by atoms with Crippen LogP contribution in [0.25, 0.3) is 11.3 Å². The molecule has 0 aliphatic rings. The van der Waals surface area contributed by atoms with E-state index in [4.69, 9.17) is 0 Å². The molecule has 0 spiro atoms. The second-order valence-corrected chi connectivity index (χ2v) is 3.72. The van der Waals surface area contributed by atoms with Crippen molar-refractivity contribution in [1.82, 2.24) is 4.98 Å². The molecule has 0 aliphatic heterocycles. The monoisotopic (exact) mass is 263 g/mol. The van der Waals surface area contributed by atoms with Gasteiger partial charge in [-0.25, -0.2) is 13.6 Å². The molecule has 2 aromatic rings. The molecule has 0 saturated heterocycles. The van der Waals surface area contributed by atoms with Gasteiger partial charge in [-0.1, -0.05) is 6.07 Å². The molecule has 2 rings (SSSR count). The van der Waals surface area contributed by atoms with Crippen LogP contribution in [0.3, 0.4) is 0 Å². The van der Waals surface area contributed by atoms with Gasteiger partial charge in [-0.2, -0.15) is 0 Å². The zero-order chi connectivity index (χ0) is 13.8. The molecule has 19 heavy (non-hydrogen) atoms. The SMILES string of the molecule is CCOC(=O)c1c(F)ccc(-c2ccccn2)c1F. The van der Waals surface area contributed by atoms with E-state index in [0.717, 1.165) is 6.07 Å². The normalized spacial score (nSPS) is 10.3. The molecule has 0 atom stereocenters. The molecule has 98 valence electrons. The summed E-state index contributed by atoms with van der Waals surface area (Å²) in [5.41, 5.74) is -0.305. The Hall–Kier alpha value is -2.30. The van der Waals surface area contributed by atoms with E-state index in [9.17, 15) is 13.6 Å². The molecule has 5 heteroatoms. The van der Waals surface area contributed by atoms with E-state index in [2.05, 4.69) is 9.72 Å². The van der Waals surface area contributed by atoms with Crippen LogP contribution in [0.2, 0.25) is 0 Å². The van der Waals surface area contributed by atoms with E-state index in [-0.39, 0.29) is 12.2 Å². The lowest BCUT2D eigenvalue weighted by Gasteiger charge is -2.08. The minimum Gasteiger partial charge on any atom is -0.462 e. The van der Waals surface area contributed by atoms with Crippen LogP contribution in [0.1, 0.15) is 17.3 Å². The molecule has 3 nitrogen and oxygen atoms in total. The zero-order valence-electron chi connectivity index (χ0n) is 10.2. The number of aromatic nitrogens is 1. The van der Waals surface area contributed by atoms with E-state index in [0.29, 0.717) is 5.69 Å². The standard InChI is InChI=1S/C14H11F2NO2/c1-2-19-14(18)12-10(15)7-6-9(13(12)16)11-5-3-4-8-17-11/h3-8H,2H2,1H3. The Morgan fingerprint density at radius 3 is 2.68 bits per heavy atom. The first-order valence-electron chi connectivity index (χ1n) is 5.71. The second-order valence-electron chi connectivity index (χ2n) is 3.72. The summed E-state index contributed by atoms with van der Waals surface area (Å²) in [6.07, 6.45) is 1.49. The summed E-state index contributed by atoms with van der Waals surface area (Å²) in [6, 6.07) is 7.20. The van der Waals surface area contributed by atoms with Crippen molar-refractivity contribution in [2.75, 3.05) is 6.61 Å². The highest BCUT2D eigenvalue weighted by Crippen LogP contribution is 2.25. The second kappa shape index (κ2) is 5.56. The Balaban J connectivity index is 2.55. The van der Waals surface area contributed by atoms with E-state index in [1.807, 2.05) is 0 Å². The first kappa shape index (κ1) is 13.1. The maximum atomic E-state index is 14.2. The fraction of sp³-hybridized carbons (Fsp3) is 0.143. The predicted octanol–water partition coefficient (Wildman–Crippen LogP) is 3.20. The van der Waals surface area contributed by atoms with Crippen molar-refractivity contribution < 1.29 is 18.3 Å². The average Bonchev–Trinajstić information content (AvgIpc) is 2.40. The number of pyridine rings is 1. The molecule has 0 radical (unpaired) electrons. The topological polar surface area (TPSA) is 39.2 Å². The number of hydrogen-bond acceptors (Lipinski definition) is 3. The van der Waals surface area contributed by atoms with Gasteiger partial charge >= 0.3 is 5.97 Å². The van der Waals surface area contributed by atoms with Gasteiger partial charge in [0.1, 0.15) is 17.2 Å². The van der Waals surface area contributed by atoms with E-state index >= 15 is 0 Å². The van der Waals surface area contributed by atoms with Crippen LogP contribution >= 0.6 is 0 Å². The Kier molecular flexibility index (Phi) is 3.85. The summed E-state index contributed by atoms with van der Waals surface area (Å²) in [5.74, 6) is -2.93. The van der Waals surface area contributed by atoms with E-state index in [1.54, 1.807) is 25.1 Å². The van der Waals surface area contributed by atoms with Gasteiger partial charge in [-0.05, 0) is 31.2 Å². The lowest BCUT2D eigenvalue weighted by Crippen LogP contribution is -2.11. The molecule has 0 amide bonds. The number of carbonyl (C=O) groups excluding carboxylic acids is 1. The Bertz CT molecular complexity index is 600. The molecule has 0 saturated carbocycles. The van der Waals surface area contributed by atoms with Crippen molar-refractivity contribution >= 4 is 5.97 Å². The molecular weight excluding hydrogens is 252 g/mol. The van der Waals surface area contributed by atoms with Gasteiger partial charge in [0.25, 0.3) is 0 Å². The quantitative estimate of drug-likeness (QED) is 0.798. The van der Waals surface area contributed by atoms with Gasteiger partial charge in [0.05, 0.1) is 12.3 Å². The number of esters is 1. The molecule has 1 heterocycles. The van der Waals surface area contributed by atoms with Gasteiger partial charge in [0.15, 0.2) is 0 Å². The van der Waals surface area contributed by atoms with Gasteiger partial charge < -0.3 is 4.74 Å². The summed E-state index contributed by atoms with van der Waals surface area (Å²) in [4.78, 5) is 15.5. The van der Waals surface area contributed by atoms with Crippen LogP contribution in [0.4, 0.5) is 8.78 Å². The maximum Gasteiger partial charge on any atom is 0.344 e. The number of halogens is 2. The molecule has 0 bridgehead atoms. The zero-order valence-corrected chi connectivity index (χ0v) is 10.2. The third-order valence-electron chi connectivity index (χ3n) is 2.51. The Morgan fingerprint density at radius 1 is 1.26 bits per heavy atom. The minimum atomic E-state index is -1.02. The van der Waals surface area contributed by atoms with Gasteiger partial charge in [0, 0.05) is 11.8 Å². The fourth-order valence-electron chi connectivity index (χ4n) is 1.66. The Morgan fingerprint density at radius 2 is 2.05 bits per heavy atom. The number of benzene rings is 1. The minimum absolute atomic E-state index is 0.0472. The lowest BCUT2D eigenvalue weighted by atomic mass is 10.1. The Labute approximate surface area is 108 Å². The molecule has 0 N–H and O–H groups in total. The van der Waals surface area contributed by atoms with Crippen molar-refractivity contribution in [3.63, 3.8) is 0 Å². The van der Waals surface area contributed by atoms with Crippen molar-refractivity contribution in [1.29, 1.82) is 0 Å². The number of nitrogens with zero attached hydrogens (tertiary/aromatic N) is 1. The number of hydrogen-bond donors (Lipinski definition) is 0. The lowest BCUT2D eigenvalue weighted by molar-refractivity contribution is 0.0515. The third-order valence-corrected chi connectivity index (χ3v) is 2.51. The third kappa shape index (κ3) is 2.59. The molecular formula is C14H11F2NO2. The van der Waals surface area contributed by atoms with Crippen LogP contribution in [0.5, 0.6) is 0 Å². The number of rotatable bonds is 3. The molecule has 0 unspecified atom stereocenters. The first-order chi connectivity index (χ1) is 9.15. The van der Waals surface area contributed by atoms with Crippen LogP contribution in [-0.4, -0.2) is 17.6 Å². The van der Waals surface area contributed by atoms with E-state index < -0.39 is 23.2 Å². The molecule has 0 aliphatic carbocycles. The molecule has 1 aromatic carbocycles. The van der Waals surface area contributed by atoms with Crippen LogP contribution in [0.15, 0.2) is 36.5 Å².